The first-order valence-corrected chi connectivity index (χ1v) is 5.84. The van der Waals surface area contributed by atoms with E-state index in [1.54, 1.807) is 0 Å². The summed E-state index contributed by atoms with van der Waals surface area (Å²) < 4.78 is 5.78. The average Bonchev–Trinajstić information content (AvgIpc) is 2.26. The molecule has 0 spiro atoms. The van der Waals surface area contributed by atoms with Crippen molar-refractivity contribution in [2.75, 3.05) is 13.7 Å². The molecule has 0 unspecified atom stereocenters. The van der Waals surface area contributed by atoms with Crippen LogP contribution in [0.25, 0.3) is 0 Å². The minimum absolute atomic E-state index is 0.449. The van der Waals surface area contributed by atoms with Crippen LogP contribution in [0, 0.1) is 6.92 Å². The van der Waals surface area contributed by atoms with Gasteiger partial charge in [-0.2, -0.15) is 0 Å². The summed E-state index contributed by atoms with van der Waals surface area (Å²) in [5, 5.41) is 3.83. The van der Waals surface area contributed by atoms with E-state index in [1.807, 2.05) is 6.92 Å². The molecule has 0 amide bonds. The molecule has 0 radical (unpaired) electrons. The largest absolute Gasteiger partial charge is 0.487 e. The van der Waals surface area contributed by atoms with Crippen molar-refractivity contribution in [1.29, 1.82) is 0 Å². The maximum atomic E-state index is 5.78. The highest BCUT2D eigenvalue weighted by atomic mass is 16.6. The second-order valence-electron chi connectivity index (χ2n) is 4.49. The molecule has 0 fully saturated rings. The van der Waals surface area contributed by atoms with Crippen LogP contribution in [-0.2, 0) is 4.84 Å². The van der Waals surface area contributed by atoms with E-state index in [9.17, 15) is 0 Å². The topological polar surface area (TPSA) is 30.8 Å². The minimum atomic E-state index is 0.449. The molecule has 0 aliphatic carbocycles. The SMILES string of the molecule is CON=C(C)COc1cc(C)ccc1C(C)C. The standard InChI is InChI=1S/C14H21NO2/c1-10(2)13-7-6-11(3)8-14(13)17-9-12(4)15-16-5/h6-8,10H,9H2,1-5H3. The summed E-state index contributed by atoms with van der Waals surface area (Å²) in [6.45, 7) is 8.72. The molecule has 17 heavy (non-hydrogen) atoms. The molecule has 0 heterocycles. The fraction of sp³-hybridized carbons (Fsp3) is 0.500. The van der Waals surface area contributed by atoms with Crippen molar-refractivity contribution in [1.82, 2.24) is 0 Å². The second-order valence-corrected chi connectivity index (χ2v) is 4.49. The number of aryl methyl sites for hydroxylation is 1. The van der Waals surface area contributed by atoms with Crippen molar-refractivity contribution in [2.24, 2.45) is 5.16 Å². The van der Waals surface area contributed by atoms with Crippen LogP contribution in [0.15, 0.2) is 23.4 Å². The van der Waals surface area contributed by atoms with Crippen LogP contribution in [0.3, 0.4) is 0 Å². The lowest BCUT2D eigenvalue weighted by molar-refractivity contribution is 0.209. The van der Waals surface area contributed by atoms with E-state index in [0.29, 0.717) is 12.5 Å². The van der Waals surface area contributed by atoms with Crippen LogP contribution in [0.4, 0.5) is 0 Å². The predicted octanol–water partition coefficient (Wildman–Crippen LogP) is 3.52. The Morgan fingerprint density at radius 2 is 2.06 bits per heavy atom. The number of oxime groups is 1. The van der Waals surface area contributed by atoms with Crippen LogP contribution in [-0.4, -0.2) is 19.4 Å². The highest BCUT2D eigenvalue weighted by molar-refractivity contribution is 5.82. The van der Waals surface area contributed by atoms with E-state index in [-0.39, 0.29) is 0 Å². The van der Waals surface area contributed by atoms with Crippen LogP contribution < -0.4 is 4.74 Å². The van der Waals surface area contributed by atoms with Gasteiger partial charge in [0.05, 0.1) is 5.71 Å². The third kappa shape index (κ3) is 4.10. The monoisotopic (exact) mass is 235 g/mol. The fourth-order valence-electron chi connectivity index (χ4n) is 1.61. The first-order valence-electron chi connectivity index (χ1n) is 5.84. The van der Waals surface area contributed by atoms with E-state index >= 15 is 0 Å². The van der Waals surface area contributed by atoms with Crippen molar-refractivity contribution in [3.8, 4) is 5.75 Å². The smallest absolute Gasteiger partial charge is 0.129 e. The zero-order valence-electron chi connectivity index (χ0n) is 11.3. The van der Waals surface area contributed by atoms with Crippen LogP contribution in [0.2, 0.25) is 0 Å². The van der Waals surface area contributed by atoms with Gasteiger partial charge in [0.25, 0.3) is 0 Å². The Morgan fingerprint density at radius 3 is 2.65 bits per heavy atom. The Kier molecular flexibility index (Phi) is 5.01. The van der Waals surface area contributed by atoms with Gasteiger partial charge in [0.2, 0.25) is 0 Å². The van der Waals surface area contributed by atoms with Crippen molar-refractivity contribution in [3.63, 3.8) is 0 Å². The van der Waals surface area contributed by atoms with E-state index in [0.717, 1.165) is 11.5 Å². The molecule has 3 nitrogen and oxygen atoms in total. The zero-order chi connectivity index (χ0) is 12.8. The molecule has 94 valence electrons. The van der Waals surface area contributed by atoms with Gasteiger partial charge >= 0.3 is 0 Å². The Bertz CT molecular complexity index is 397. The average molecular weight is 235 g/mol. The maximum Gasteiger partial charge on any atom is 0.129 e. The number of rotatable bonds is 5. The molecule has 1 rings (SSSR count). The van der Waals surface area contributed by atoms with Gasteiger partial charge in [-0.15, -0.1) is 0 Å². The molecule has 1 aromatic rings. The van der Waals surface area contributed by atoms with Crippen LogP contribution in [0.5, 0.6) is 5.75 Å². The van der Waals surface area contributed by atoms with Crippen LogP contribution in [0.1, 0.15) is 37.8 Å². The lowest BCUT2D eigenvalue weighted by atomic mass is 10.0. The number of hydrogen-bond donors (Lipinski definition) is 0. The molecule has 3 heteroatoms. The Balaban J connectivity index is 2.82. The van der Waals surface area contributed by atoms with Crippen molar-refractivity contribution in [3.05, 3.63) is 29.3 Å². The van der Waals surface area contributed by atoms with Gasteiger partial charge in [-0.25, -0.2) is 0 Å². The van der Waals surface area contributed by atoms with Gasteiger partial charge in [-0.3, -0.25) is 0 Å². The molecule has 0 atom stereocenters. The summed E-state index contributed by atoms with van der Waals surface area (Å²) in [6, 6.07) is 6.30. The van der Waals surface area contributed by atoms with E-state index < -0.39 is 0 Å². The molecule has 0 N–H and O–H groups in total. The number of nitrogens with zero attached hydrogens (tertiary/aromatic N) is 1. The maximum absolute atomic E-state index is 5.78. The summed E-state index contributed by atoms with van der Waals surface area (Å²) in [7, 11) is 1.54. The third-order valence-electron chi connectivity index (χ3n) is 2.47. The molecule has 0 saturated carbocycles. The molecule has 0 aliphatic heterocycles. The van der Waals surface area contributed by atoms with Gasteiger partial charge in [0.1, 0.15) is 19.5 Å². The molecular formula is C14H21NO2. The van der Waals surface area contributed by atoms with Gasteiger partial charge < -0.3 is 9.57 Å². The minimum Gasteiger partial charge on any atom is -0.487 e. The predicted molar refractivity (Wildman–Crippen MR) is 70.9 cm³/mol. The summed E-state index contributed by atoms with van der Waals surface area (Å²) in [4.78, 5) is 4.70. The molecular weight excluding hydrogens is 214 g/mol. The lowest BCUT2D eigenvalue weighted by Crippen LogP contribution is -2.09. The fourth-order valence-corrected chi connectivity index (χ4v) is 1.61. The first kappa shape index (κ1) is 13.6. The molecule has 0 aromatic heterocycles. The summed E-state index contributed by atoms with van der Waals surface area (Å²) in [5.74, 6) is 1.39. The summed E-state index contributed by atoms with van der Waals surface area (Å²) in [6.07, 6.45) is 0. The van der Waals surface area contributed by atoms with Gasteiger partial charge in [-0.1, -0.05) is 31.1 Å². The summed E-state index contributed by atoms with van der Waals surface area (Å²) in [5.41, 5.74) is 3.25. The number of hydrogen-bond acceptors (Lipinski definition) is 3. The third-order valence-corrected chi connectivity index (χ3v) is 2.47. The van der Waals surface area contributed by atoms with Crippen molar-refractivity contribution < 1.29 is 9.57 Å². The van der Waals surface area contributed by atoms with E-state index in [2.05, 4.69) is 44.1 Å². The van der Waals surface area contributed by atoms with Crippen molar-refractivity contribution in [2.45, 2.75) is 33.6 Å². The van der Waals surface area contributed by atoms with Gasteiger partial charge in [0, 0.05) is 0 Å². The lowest BCUT2D eigenvalue weighted by Gasteiger charge is -2.14. The van der Waals surface area contributed by atoms with Crippen molar-refractivity contribution >= 4 is 5.71 Å². The van der Waals surface area contributed by atoms with E-state index in [1.165, 1.54) is 18.2 Å². The molecule has 0 bridgehead atoms. The van der Waals surface area contributed by atoms with Gasteiger partial charge in [0.15, 0.2) is 0 Å². The highest BCUT2D eigenvalue weighted by Crippen LogP contribution is 2.27. The van der Waals surface area contributed by atoms with Gasteiger partial charge in [-0.05, 0) is 37.0 Å². The van der Waals surface area contributed by atoms with E-state index in [4.69, 9.17) is 9.57 Å². The Hall–Kier alpha value is -1.51. The number of ether oxygens (including phenoxy) is 1. The molecule has 0 aliphatic rings. The highest BCUT2D eigenvalue weighted by Gasteiger charge is 2.08. The zero-order valence-corrected chi connectivity index (χ0v) is 11.3. The Labute approximate surface area is 103 Å². The molecule has 0 saturated heterocycles. The summed E-state index contributed by atoms with van der Waals surface area (Å²) >= 11 is 0. The van der Waals surface area contributed by atoms with Crippen LogP contribution >= 0.6 is 0 Å². The normalized spacial score (nSPS) is 11.8. The quantitative estimate of drug-likeness (QED) is 0.577. The Morgan fingerprint density at radius 1 is 1.35 bits per heavy atom. The first-order chi connectivity index (χ1) is 8.04. The second kappa shape index (κ2) is 6.28. The number of benzene rings is 1. The molecule has 1 aromatic carbocycles.